The van der Waals surface area contributed by atoms with E-state index in [1.54, 1.807) is 29.0 Å². The van der Waals surface area contributed by atoms with Gasteiger partial charge >= 0.3 is 0 Å². The quantitative estimate of drug-likeness (QED) is 0.346. The predicted octanol–water partition coefficient (Wildman–Crippen LogP) is 6.03. The second kappa shape index (κ2) is 9.41. The number of aromatic nitrogens is 3. The van der Waals surface area contributed by atoms with E-state index in [9.17, 15) is 4.79 Å². The van der Waals surface area contributed by atoms with Gasteiger partial charge in [0.1, 0.15) is 0 Å². The molecule has 0 atom stereocenters. The van der Waals surface area contributed by atoms with Gasteiger partial charge in [0.05, 0.1) is 22.7 Å². The number of rotatable bonds is 7. The van der Waals surface area contributed by atoms with Gasteiger partial charge in [-0.3, -0.25) is 9.36 Å². The van der Waals surface area contributed by atoms with Crippen LogP contribution in [0.5, 0.6) is 0 Å². The normalized spacial score (nSPS) is 11.1. The van der Waals surface area contributed by atoms with E-state index in [0.29, 0.717) is 33.4 Å². The Hall–Kier alpha value is -3.03. The lowest BCUT2D eigenvalue weighted by Gasteiger charge is -2.11. The molecule has 0 saturated heterocycles. The zero-order valence-corrected chi connectivity index (χ0v) is 18.7. The number of nitrogens with zero attached hydrogens (tertiary/aromatic N) is 3. The standard InChI is InChI=1S/C23H21ClN4O2S/c1-15(2)16-9-11-17(12-10-16)25-21(29)14-31-23-27-26-22(20-8-5-13-30-20)28(23)19-7-4-3-6-18(19)24/h3-13,15H,14H2,1-2H3,(H,25,29). The highest BCUT2D eigenvalue weighted by atomic mass is 35.5. The van der Waals surface area contributed by atoms with Gasteiger partial charge in [0.25, 0.3) is 0 Å². The van der Waals surface area contributed by atoms with Crippen molar-refractivity contribution < 1.29 is 9.21 Å². The number of carbonyl (C=O) groups excluding carboxylic acids is 1. The molecule has 4 aromatic rings. The van der Waals surface area contributed by atoms with E-state index >= 15 is 0 Å². The Balaban J connectivity index is 1.53. The van der Waals surface area contributed by atoms with Crippen molar-refractivity contribution in [1.82, 2.24) is 14.8 Å². The Kier molecular flexibility index (Phi) is 6.44. The molecule has 0 bridgehead atoms. The fourth-order valence-electron chi connectivity index (χ4n) is 3.06. The third kappa shape index (κ3) is 4.84. The van der Waals surface area contributed by atoms with Crippen LogP contribution in [-0.4, -0.2) is 26.4 Å². The minimum atomic E-state index is -0.129. The summed E-state index contributed by atoms with van der Waals surface area (Å²) in [4.78, 5) is 12.5. The van der Waals surface area contributed by atoms with E-state index in [0.717, 1.165) is 5.69 Å². The maximum Gasteiger partial charge on any atom is 0.234 e. The van der Waals surface area contributed by atoms with Crippen molar-refractivity contribution in [2.24, 2.45) is 0 Å². The van der Waals surface area contributed by atoms with Gasteiger partial charge in [0.2, 0.25) is 11.7 Å². The molecule has 0 fully saturated rings. The molecular formula is C23H21ClN4O2S. The molecule has 6 nitrogen and oxygen atoms in total. The molecule has 158 valence electrons. The lowest BCUT2D eigenvalue weighted by atomic mass is 10.0. The second-order valence-corrected chi connectivity index (χ2v) is 8.53. The number of nitrogens with one attached hydrogen (secondary N) is 1. The van der Waals surface area contributed by atoms with Gasteiger partial charge in [-0.05, 0) is 47.9 Å². The predicted molar refractivity (Wildman–Crippen MR) is 124 cm³/mol. The van der Waals surface area contributed by atoms with E-state index in [-0.39, 0.29) is 11.7 Å². The molecule has 4 rings (SSSR count). The van der Waals surface area contributed by atoms with Crippen LogP contribution in [0.3, 0.4) is 0 Å². The molecule has 2 aromatic carbocycles. The number of amides is 1. The van der Waals surface area contributed by atoms with Crippen LogP contribution in [0.15, 0.2) is 76.5 Å². The summed E-state index contributed by atoms with van der Waals surface area (Å²) in [7, 11) is 0. The number of anilines is 1. The first kappa shape index (κ1) is 21.2. The molecule has 1 N–H and O–H groups in total. The lowest BCUT2D eigenvalue weighted by molar-refractivity contribution is -0.113. The van der Waals surface area contributed by atoms with Crippen molar-refractivity contribution >= 4 is 35.0 Å². The van der Waals surface area contributed by atoms with Crippen molar-refractivity contribution in [3.63, 3.8) is 0 Å². The zero-order valence-electron chi connectivity index (χ0n) is 17.1. The minimum Gasteiger partial charge on any atom is -0.461 e. The van der Waals surface area contributed by atoms with Gasteiger partial charge in [-0.2, -0.15) is 0 Å². The first-order valence-electron chi connectivity index (χ1n) is 9.79. The minimum absolute atomic E-state index is 0.129. The average molecular weight is 453 g/mol. The van der Waals surface area contributed by atoms with E-state index in [1.807, 2.05) is 42.5 Å². The molecule has 0 aliphatic carbocycles. The summed E-state index contributed by atoms with van der Waals surface area (Å²) < 4.78 is 7.31. The van der Waals surface area contributed by atoms with Crippen LogP contribution in [0.4, 0.5) is 5.69 Å². The van der Waals surface area contributed by atoms with Crippen LogP contribution < -0.4 is 5.32 Å². The van der Waals surface area contributed by atoms with Gasteiger partial charge < -0.3 is 9.73 Å². The van der Waals surface area contributed by atoms with Crippen LogP contribution in [0.1, 0.15) is 25.3 Å². The summed E-state index contributed by atoms with van der Waals surface area (Å²) in [6, 6.07) is 18.9. The molecule has 31 heavy (non-hydrogen) atoms. The Morgan fingerprint density at radius 1 is 1.10 bits per heavy atom. The number of benzene rings is 2. The van der Waals surface area contributed by atoms with Crippen LogP contribution in [-0.2, 0) is 4.79 Å². The second-order valence-electron chi connectivity index (χ2n) is 7.18. The summed E-state index contributed by atoms with van der Waals surface area (Å²) in [5.74, 6) is 1.57. The Labute approximate surface area is 189 Å². The first-order chi connectivity index (χ1) is 15.0. The van der Waals surface area contributed by atoms with Crippen molar-refractivity contribution in [3.05, 3.63) is 77.5 Å². The average Bonchev–Trinajstić information content (AvgIpc) is 3.43. The molecule has 1 amide bonds. The molecule has 0 saturated carbocycles. The molecule has 0 aliphatic rings. The summed E-state index contributed by atoms with van der Waals surface area (Å²) in [6.45, 7) is 4.27. The smallest absolute Gasteiger partial charge is 0.234 e. The molecular weight excluding hydrogens is 432 g/mol. The van der Waals surface area contributed by atoms with E-state index < -0.39 is 0 Å². The largest absolute Gasteiger partial charge is 0.461 e. The van der Waals surface area contributed by atoms with Gasteiger partial charge in [0.15, 0.2) is 10.9 Å². The molecule has 0 aliphatic heterocycles. The van der Waals surface area contributed by atoms with Crippen molar-refractivity contribution in [2.75, 3.05) is 11.1 Å². The summed E-state index contributed by atoms with van der Waals surface area (Å²) in [5, 5.41) is 12.6. The summed E-state index contributed by atoms with van der Waals surface area (Å²) in [5.41, 5.74) is 2.71. The third-order valence-corrected chi connectivity index (χ3v) is 5.91. The van der Waals surface area contributed by atoms with E-state index in [4.69, 9.17) is 16.0 Å². The molecule has 0 unspecified atom stereocenters. The molecule has 8 heteroatoms. The zero-order chi connectivity index (χ0) is 21.8. The Morgan fingerprint density at radius 2 is 1.87 bits per heavy atom. The number of carbonyl (C=O) groups is 1. The monoisotopic (exact) mass is 452 g/mol. The van der Waals surface area contributed by atoms with Gasteiger partial charge in [-0.1, -0.05) is 61.5 Å². The Bertz CT molecular complexity index is 1170. The molecule has 0 radical (unpaired) electrons. The lowest BCUT2D eigenvalue weighted by Crippen LogP contribution is -2.14. The number of para-hydroxylation sites is 1. The SMILES string of the molecule is CC(C)c1ccc(NC(=O)CSc2nnc(-c3ccco3)n2-c2ccccc2Cl)cc1. The molecule has 2 aromatic heterocycles. The highest BCUT2D eigenvalue weighted by molar-refractivity contribution is 7.99. The van der Waals surface area contributed by atoms with Crippen molar-refractivity contribution in [1.29, 1.82) is 0 Å². The molecule has 2 heterocycles. The van der Waals surface area contributed by atoms with E-state index in [2.05, 4.69) is 29.4 Å². The van der Waals surface area contributed by atoms with Crippen LogP contribution in [0, 0.1) is 0 Å². The third-order valence-electron chi connectivity index (χ3n) is 4.66. The van der Waals surface area contributed by atoms with Crippen molar-refractivity contribution in [3.8, 4) is 17.3 Å². The van der Waals surface area contributed by atoms with E-state index in [1.165, 1.54) is 17.3 Å². The van der Waals surface area contributed by atoms with Crippen LogP contribution in [0.2, 0.25) is 5.02 Å². The highest BCUT2D eigenvalue weighted by Crippen LogP contribution is 2.31. The maximum atomic E-state index is 12.5. The highest BCUT2D eigenvalue weighted by Gasteiger charge is 2.20. The number of halogens is 1. The Morgan fingerprint density at radius 3 is 2.55 bits per heavy atom. The number of hydrogen-bond acceptors (Lipinski definition) is 5. The number of hydrogen-bond donors (Lipinski definition) is 1. The van der Waals surface area contributed by atoms with Gasteiger partial charge in [-0.15, -0.1) is 10.2 Å². The first-order valence-corrected chi connectivity index (χ1v) is 11.2. The number of thioether (sulfide) groups is 1. The number of furan rings is 1. The molecule has 0 spiro atoms. The van der Waals surface area contributed by atoms with Crippen LogP contribution >= 0.6 is 23.4 Å². The van der Waals surface area contributed by atoms with Gasteiger partial charge in [0, 0.05) is 5.69 Å². The fraction of sp³-hybridized carbons (Fsp3) is 0.174. The maximum absolute atomic E-state index is 12.5. The summed E-state index contributed by atoms with van der Waals surface area (Å²) in [6.07, 6.45) is 1.58. The summed E-state index contributed by atoms with van der Waals surface area (Å²) >= 11 is 7.71. The topological polar surface area (TPSA) is 73.0 Å². The van der Waals surface area contributed by atoms with Gasteiger partial charge in [-0.25, -0.2) is 0 Å². The van der Waals surface area contributed by atoms with Crippen LogP contribution in [0.25, 0.3) is 17.3 Å². The van der Waals surface area contributed by atoms with Crippen molar-refractivity contribution in [2.45, 2.75) is 24.9 Å². The fourth-order valence-corrected chi connectivity index (χ4v) is 4.02.